The van der Waals surface area contributed by atoms with Crippen LogP contribution in [0.4, 0.5) is 0 Å². The summed E-state index contributed by atoms with van der Waals surface area (Å²) >= 11 is 0. The molecule has 1 aliphatic carbocycles. The van der Waals surface area contributed by atoms with Crippen molar-refractivity contribution in [3.8, 4) is 0 Å². The Morgan fingerprint density at radius 2 is 2.36 bits per heavy atom. The van der Waals surface area contributed by atoms with Crippen LogP contribution in [0.5, 0.6) is 0 Å². The van der Waals surface area contributed by atoms with Gasteiger partial charge in [0.15, 0.2) is 0 Å². The number of aryl methyl sites for hydroxylation is 2. The van der Waals surface area contributed by atoms with Gasteiger partial charge in [0.2, 0.25) is 0 Å². The maximum atomic E-state index is 6.17. The highest BCUT2D eigenvalue weighted by atomic mass is 15.3. The van der Waals surface area contributed by atoms with Gasteiger partial charge in [-0.3, -0.25) is 4.68 Å². The smallest absolute Gasteiger partial charge is 0.0669 e. The van der Waals surface area contributed by atoms with Gasteiger partial charge in [-0.05, 0) is 18.8 Å². The Kier molecular flexibility index (Phi) is 2.59. The van der Waals surface area contributed by atoms with Gasteiger partial charge in [0, 0.05) is 24.8 Å². The predicted molar refractivity (Wildman–Crippen MR) is 56.9 cm³/mol. The van der Waals surface area contributed by atoms with E-state index in [4.69, 9.17) is 5.73 Å². The molecule has 3 nitrogen and oxygen atoms in total. The standard InChI is InChI=1S/C11H19N3/c1-3-11-9(7-14(2)13-11)10(12)6-8-4-5-8/h7-8,10H,3-6,12H2,1-2H3. The molecule has 1 saturated carbocycles. The molecule has 0 aliphatic heterocycles. The van der Waals surface area contributed by atoms with Crippen molar-refractivity contribution in [1.82, 2.24) is 9.78 Å². The van der Waals surface area contributed by atoms with Crippen LogP contribution >= 0.6 is 0 Å². The third kappa shape index (κ3) is 1.98. The minimum atomic E-state index is 0.200. The Morgan fingerprint density at radius 3 is 2.93 bits per heavy atom. The maximum absolute atomic E-state index is 6.17. The minimum Gasteiger partial charge on any atom is -0.324 e. The highest BCUT2D eigenvalue weighted by Gasteiger charge is 2.26. The summed E-state index contributed by atoms with van der Waals surface area (Å²) in [5.74, 6) is 0.884. The van der Waals surface area contributed by atoms with Gasteiger partial charge in [-0.25, -0.2) is 0 Å². The number of aromatic nitrogens is 2. The summed E-state index contributed by atoms with van der Waals surface area (Å²) < 4.78 is 1.88. The van der Waals surface area contributed by atoms with Gasteiger partial charge in [-0.15, -0.1) is 0 Å². The third-order valence-corrected chi connectivity index (χ3v) is 2.96. The summed E-state index contributed by atoms with van der Waals surface area (Å²) in [7, 11) is 1.96. The van der Waals surface area contributed by atoms with Gasteiger partial charge in [-0.1, -0.05) is 19.8 Å². The van der Waals surface area contributed by atoms with Crippen molar-refractivity contribution in [1.29, 1.82) is 0 Å². The van der Waals surface area contributed by atoms with E-state index in [2.05, 4.69) is 18.2 Å². The molecule has 1 unspecified atom stereocenters. The van der Waals surface area contributed by atoms with Crippen molar-refractivity contribution in [2.75, 3.05) is 0 Å². The Bertz CT molecular complexity index is 312. The van der Waals surface area contributed by atoms with Crippen molar-refractivity contribution in [3.05, 3.63) is 17.5 Å². The molecule has 0 saturated heterocycles. The molecule has 2 N–H and O–H groups in total. The number of hydrogen-bond acceptors (Lipinski definition) is 2. The van der Waals surface area contributed by atoms with Crippen LogP contribution in [-0.4, -0.2) is 9.78 Å². The number of nitrogens with two attached hydrogens (primary N) is 1. The Hall–Kier alpha value is -0.830. The van der Waals surface area contributed by atoms with Crippen LogP contribution in [0.25, 0.3) is 0 Å². The van der Waals surface area contributed by atoms with Crippen LogP contribution in [0.2, 0.25) is 0 Å². The SMILES string of the molecule is CCc1nn(C)cc1C(N)CC1CC1. The zero-order valence-electron chi connectivity index (χ0n) is 9.03. The summed E-state index contributed by atoms with van der Waals surface area (Å²) in [5.41, 5.74) is 8.59. The molecular weight excluding hydrogens is 174 g/mol. The van der Waals surface area contributed by atoms with Crippen LogP contribution in [0.1, 0.15) is 43.5 Å². The maximum Gasteiger partial charge on any atom is 0.0669 e. The van der Waals surface area contributed by atoms with Crippen LogP contribution in [0.15, 0.2) is 6.20 Å². The zero-order valence-corrected chi connectivity index (χ0v) is 9.03. The lowest BCUT2D eigenvalue weighted by atomic mass is 10.0. The fourth-order valence-corrected chi connectivity index (χ4v) is 1.98. The second kappa shape index (κ2) is 3.73. The second-order valence-electron chi connectivity index (χ2n) is 4.34. The number of hydrogen-bond donors (Lipinski definition) is 1. The van der Waals surface area contributed by atoms with E-state index in [9.17, 15) is 0 Å². The van der Waals surface area contributed by atoms with Crippen LogP contribution in [-0.2, 0) is 13.5 Å². The first-order chi connectivity index (χ1) is 6.70. The van der Waals surface area contributed by atoms with E-state index < -0.39 is 0 Å². The second-order valence-corrected chi connectivity index (χ2v) is 4.34. The minimum absolute atomic E-state index is 0.200. The first-order valence-corrected chi connectivity index (χ1v) is 5.48. The van der Waals surface area contributed by atoms with Crippen LogP contribution in [0.3, 0.4) is 0 Å². The first-order valence-electron chi connectivity index (χ1n) is 5.48. The van der Waals surface area contributed by atoms with E-state index in [1.165, 1.54) is 24.1 Å². The molecule has 78 valence electrons. The molecule has 0 spiro atoms. The molecule has 0 amide bonds. The summed E-state index contributed by atoms with van der Waals surface area (Å²) in [5, 5.41) is 4.41. The van der Waals surface area contributed by atoms with Crippen molar-refractivity contribution in [3.63, 3.8) is 0 Å². The molecule has 1 fully saturated rings. The van der Waals surface area contributed by atoms with Crippen molar-refractivity contribution in [2.45, 2.75) is 38.6 Å². The lowest BCUT2D eigenvalue weighted by Gasteiger charge is -2.09. The zero-order chi connectivity index (χ0) is 10.1. The van der Waals surface area contributed by atoms with E-state index in [0.29, 0.717) is 0 Å². The third-order valence-electron chi connectivity index (χ3n) is 2.96. The van der Waals surface area contributed by atoms with Gasteiger partial charge in [0.1, 0.15) is 0 Å². The van der Waals surface area contributed by atoms with Gasteiger partial charge in [-0.2, -0.15) is 5.10 Å². The molecule has 0 bridgehead atoms. The van der Waals surface area contributed by atoms with Gasteiger partial charge < -0.3 is 5.73 Å². The number of rotatable bonds is 4. The lowest BCUT2D eigenvalue weighted by Crippen LogP contribution is -2.12. The summed E-state index contributed by atoms with van der Waals surface area (Å²) in [6.45, 7) is 2.13. The molecule has 0 radical (unpaired) electrons. The molecule has 0 aromatic carbocycles. The highest BCUT2D eigenvalue weighted by molar-refractivity contribution is 5.21. The van der Waals surface area contributed by atoms with Gasteiger partial charge in [0.05, 0.1) is 5.69 Å². The van der Waals surface area contributed by atoms with Crippen molar-refractivity contribution >= 4 is 0 Å². The van der Waals surface area contributed by atoms with Gasteiger partial charge >= 0.3 is 0 Å². The first kappa shape index (κ1) is 9.71. The molecule has 1 aromatic rings. The molecule has 3 heteroatoms. The van der Waals surface area contributed by atoms with E-state index >= 15 is 0 Å². The topological polar surface area (TPSA) is 43.8 Å². The summed E-state index contributed by atoms with van der Waals surface area (Å²) in [6, 6.07) is 0.200. The molecule has 14 heavy (non-hydrogen) atoms. The van der Waals surface area contributed by atoms with Crippen molar-refractivity contribution in [2.24, 2.45) is 18.7 Å². The fraction of sp³-hybridized carbons (Fsp3) is 0.727. The molecular formula is C11H19N3. The van der Waals surface area contributed by atoms with E-state index in [0.717, 1.165) is 18.8 Å². The average Bonchev–Trinajstić information content (AvgIpc) is 2.87. The lowest BCUT2D eigenvalue weighted by molar-refractivity contribution is 0.592. The molecule has 1 aliphatic rings. The Balaban J connectivity index is 2.11. The molecule has 1 atom stereocenters. The van der Waals surface area contributed by atoms with Crippen molar-refractivity contribution < 1.29 is 0 Å². The fourth-order valence-electron chi connectivity index (χ4n) is 1.98. The van der Waals surface area contributed by atoms with E-state index in [-0.39, 0.29) is 6.04 Å². The van der Waals surface area contributed by atoms with Gasteiger partial charge in [0.25, 0.3) is 0 Å². The largest absolute Gasteiger partial charge is 0.324 e. The molecule has 2 rings (SSSR count). The average molecular weight is 193 g/mol. The van der Waals surface area contributed by atoms with Crippen LogP contribution in [0, 0.1) is 5.92 Å². The monoisotopic (exact) mass is 193 g/mol. The van der Waals surface area contributed by atoms with E-state index in [1.807, 2.05) is 11.7 Å². The van der Waals surface area contributed by atoms with E-state index in [1.54, 1.807) is 0 Å². The molecule has 1 heterocycles. The summed E-state index contributed by atoms with van der Waals surface area (Å²) in [6.07, 6.45) is 6.93. The molecule has 1 aromatic heterocycles. The summed E-state index contributed by atoms with van der Waals surface area (Å²) in [4.78, 5) is 0. The predicted octanol–water partition coefficient (Wildman–Crippen LogP) is 1.78. The Labute approximate surface area is 85.3 Å². The highest BCUT2D eigenvalue weighted by Crippen LogP contribution is 2.37. The Morgan fingerprint density at radius 1 is 1.64 bits per heavy atom. The quantitative estimate of drug-likeness (QED) is 0.792. The van der Waals surface area contributed by atoms with Crippen LogP contribution < -0.4 is 5.73 Å². The number of nitrogens with zero attached hydrogens (tertiary/aromatic N) is 2. The normalized spacial score (nSPS) is 18.5.